The molecule has 18 nitrogen and oxygen atoms in total. The maximum atomic E-state index is 11.0. The van der Waals surface area contributed by atoms with Gasteiger partial charge in [0.05, 0.1) is 0 Å². The topological polar surface area (TPSA) is 265 Å². The predicted octanol–water partition coefficient (Wildman–Crippen LogP) is 11.1. The van der Waals surface area contributed by atoms with Crippen LogP contribution in [0.2, 0.25) is 0 Å². The Bertz CT molecular complexity index is 2450. The SMILES string of the molecule is C=C(C)C(C)(C)CC1=CCC=N1.C=C(C)CCC1=CCC=N1.CC(=O)[C@@H](C)CC1=CCC=N1.CC(=O)[C@@H](O)CC1=CCC=N1.CC(=O)[C@@H](O)CC1=CCC=N1.CC(=O)[C@H](CC1=CCC=N1)OC=O.CC(=O)[C@H](CC1=CCC=N1)OC=O. The molecule has 18 heteroatoms. The van der Waals surface area contributed by atoms with Crippen molar-refractivity contribution in [2.24, 2.45) is 46.3 Å². The average molecular weight is 1120 g/mol. The van der Waals surface area contributed by atoms with Gasteiger partial charge in [0.1, 0.15) is 18.0 Å². The zero-order valence-corrected chi connectivity index (χ0v) is 49.3. The smallest absolute Gasteiger partial charge is 0.293 e. The van der Waals surface area contributed by atoms with Crippen LogP contribution >= 0.6 is 0 Å². The highest BCUT2D eigenvalue weighted by Crippen LogP contribution is 2.33. The third-order valence-electron chi connectivity index (χ3n) is 12.7. The number of nitrogens with zero attached hydrogens (tertiary/aromatic N) is 7. The molecular formula is C63H87N7O11. The van der Waals surface area contributed by atoms with Crippen molar-refractivity contribution in [3.8, 4) is 0 Å². The van der Waals surface area contributed by atoms with Crippen LogP contribution in [0.3, 0.4) is 0 Å². The number of allylic oxidation sites excluding steroid dienone is 12. The van der Waals surface area contributed by atoms with E-state index in [1.807, 2.05) is 49.9 Å². The van der Waals surface area contributed by atoms with Crippen molar-refractivity contribution in [1.29, 1.82) is 0 Å². The Hall–Kier alpha value is -7.44. The van der Waals surface area contributed by atoms with Crippen LogP contribution in [0.5, 0.6) is 0 Å². The Morgan fingerprint density at radius 3 is 1.02 bits per heavy atom. The number of rotatable bonds is 25. The highest BCUT2D eigenvalue weighted by molar-refractivity contribution is 5.83. The third kappa shape index (κ3) is 33.7. The first-order valence-electron chi connectivity index (χ1n) is 27.3. The van der Waals surface area contributed by atoms with Crippen LogP contribution in [-0.2, 0) is 43.0 Å². The lowest BCUT2D eigenvalue weighted by Crippen LogP contribution is -2.21. The van der Waals surface area contributed by atoms with Gasteiger partial charge in [-0.1, -0.05) is 81.0 Å². The van der Waals surface area contributed by atoms with E-state index in [0.29, 0.717) is 38.6 Å². The molecule has 0 aromatic heterocycles. The number of hydrogen-bond acceptors (Lipinski definition) is 18. The Labute approximate surface area is 479 Å². The second-order valence-electron chi connectivity index (χ2n) is 20.4. The predicted molar refractivity (Wildman–Crippen MR) is 325 cm³/mol. The van der Waals surface area contributed by atoms with Gasteiger partial charge in [-0.25, -0.2) is 0 Å². The molecule has 440 valence electrons. The summed E-state index contributed by atoms with van der Waals surface area (Å²) >= 11 is 0. The van der Waals surface area contributed by atoms with Crippen LogP contribution in [0.1, 0.15) is 166 Å². The van der Waals surface area contributed by atoms with Gasteiger partial charge in [-0.15, -0.1) is 6.58 Å². The Morgan fingerprint density at radius 1 is 0.481 bits per heavy atom. The molecule has 0 saturated heterocycles. The van der Waals surface area contributed by atoms with Crippen molar-refractivity contribution < 1.29 is 53.2 Å². The number of aliphatic hydroxyl groups is 2. The quantitative estimate of drug-likeness (QED) is 0.0641. The monoisotopic (exact) mass is 1120 g/mol. The molecule has 0 bridgehead atoms. The molecule has 2 N–H and O–H groups in total. The lowest BCUT2D eigenvalue weighted by atomic mass is 9.82. The lowest BCUT2D eigenvalue weighted by molar-refractivity contribution is -0.142. The molecule has 0 saturated carbocycles. The van der Waals surface area contributed by atoms with E-state index in [1.54, 1.807) is 31.8 Å². The van der Waals surface area contributed by atoms with E-state index in [2.05, 4.69) is 104 Å². The summed E-state index contributed by atoms with van der Waals surface area (Å²) in [6, 6.07) is 0. The largest absolute Gasteiger partial charge is 0.456 e. The molecule has 0 aromatic carbocycles. The van der Waals surface area contributed by atoms with Gasteiger partial charge < -0.3 is 19.7 Å². The fraction of sp³-hybridized carbons (Fsp3) is 0.492. The average Bonchev–Trinajstić information content (AvgIpc) is 4.27. The van der Waals surface area contributed by atoms with E-state index < -0.39 is 24.4 Å². The summed E-state index contributed by atoms with van der Waals surface area (Å²) in [4.78, 5) is 103. The van der Waals surface area contributed by atoms with Crippen molar-refractivity contribution in [3.05, 3.63) is 107 Å². The van der Waals surface area contributed by atoms with Gasteiger partial charge in [-0.2, -0.15) is 0 Å². The van der Waals surface area contributed by atoms with Gasteiger partial charge in [0, 0.05) is 160 Å². The third-order valence-corrected chi connectivity index (χ3v) is 12.7. The molecule has 0 fully saturated rings. The first-order chi connectivity index (χ1) is 38.4. The van der Waals surface area contributed by atoms with Gasteiger partial charge in [0.15, 0.2) is 35.3 Å². The number of ketones is 5. The second-order valence-corrected chi connectivity index (χ2v) is 20.4. The summed E-state index contributed by atoms with van der Waals surface area (Å²) < 4.78 is 9.24. The fourth-order valence-corrected chi connectivity index (χ4v) is 7.02. The maximum absolute atomic E-state index is 11.0. The van der Waals surface area contributed by atoms with Crippen LogP contribution in [0, 0.1) is 11.3 Å². The summed E-state index contributed by atoms with van der Waals surface area (Å²) in [6.45, 7) is 26.1. The zero-order valence-electron chi connectivity index (χ0n) is 49.3. The number of Topliss-reactive ketones (excluding diaryl/α,β-unsaturated/α-hetero) is 5. The Morgan fingerprint density at radius 2 is 0.778 bits per heavy atom. The maximum Gasteiger partial charge on any atom is 0.293 e. The number of ether oxygens (including phenoxy) is 2. The van der Waals surface area contributed by atoms with Gasteiger partial charge in [0.2, 0.25) is 0 Å². The van der Waals surface area contributed by atoms with E-state index >= 15 is 0 Å². The molecule has 0 radical (unpaired) electrons. The second kappa shape index (κ2) is 40.7. The van der Waals surface area contributed by atoms with Crippen molar-refractivity contribution in [1.82, 2.24) is 0 Å². The highest BCUT2D eigenvalue weighted by Gasteiger charge is 2.22. The molecular weight excluding hydrogens is 1030 g/mol. The van der Waals surface area contributed by atoms with Crippen LogP contribution < -0.4 is 0 Å². The van der Waals surface area contributed by atoms with Gasteiger partial charge >= 0.3 is 0 Å². The normalized spacial score (nSPS) is 17.1. The minimum atomic E-state index is -0.878. The lowest BCUT2D eigenvalue weighted by Gasteiger charge is -2.24. The number of carbonyl (C=O) groups is 7. The molecule has 81 heavy (non-hydrogen) atoms. The van der Waals surface area contributed by atoms with Crippen molar-refractivity contribution in [2.75, 3.05) is 0 Å². The van der Waals surface area contributed by atoms with Crippen molar-refractivity contribution in [2.45, 2.75) is 190 Å². The standard InChI is InChI=1S/C11H17N.2C9H11NO3.C9H13NO.C9H13N.2C8H11NO2/c1-9(2)11(3,4)8-10-6-5-7-12-10;2*1-7(12)9(13-6-11)5-8-3-2-4-10-8;1-7(8(2)11)6-9-4-3-5-10-9;1-8(2)5-6-9-4-3-7-10-9;2*1-6(10)8(11)5-7-3-2-4-9-7/h6-7H,1,5,8H2,2-4H3;2*3-4,6,9H,2,5H2,1H3;4-5,7H,3,6H2,1-2H3;4,7H,1,3,5-6H2,2H3;2*3-4,8,11H,2,5H2,1H3/t;2*9-;7-;;2*8-/m.000.00/s1. The van der Waals surface area contributed by atoms with E-state index in [0.717, 1.165) is 99.1 Å². The molecule has 7 rings (SSSR count). The van der Waals surface area contributed by atoms with Gasteiger partial charge in [0.25, 0.3) is 12.9 Å². The number of hydrogen-bond donors (Lipinski definition) is 2. The van der Waals surface area contributed by atoms with Crippen LogP contribution in [-0.4, -0.2) is 120 Å². The summed E-state index contributed by atoms with van der Waals surface area (Å²) in [7, 11) is 0. The first kappa shape index (κ1) is 71.6. The fourth-order valence-electron chi connectivity index (χ4n) is 7.02. The molecule has 7 heterocycles. The summed E-state index contributed by atoms with van der Waals surface area (Å²) in [6.07, 6.45) is 35.4. The summed E-state index contributed by atoms with van der Waals surface area (Å²) in [5.74, 6) is -0.351. The summed E-state index contributed by atoms with van der Waals surface area (Å²) in [5.41, 5.74) is 9.39. The number of aliphatic hydroxyl groups excluding tert-OH is 2. The van der Waals surface area contributed by atoms with Crippen LogP contribution in [0.25, 0.3) is 0 Å². The van der Waals surface area contributed by atoms with Gasteiger partial charge in [-0.05, 0) is 79.6 Å². The van der Waals surface area contributed by atoms with E-state index in [4.69, 9.17) is 10.2 Å². The first-order valence-corrected chi connectivity index (χ1v) is 27.3. The van der Waals surface area contributed by atoms with Crippen molar-refractivity contribution >= 4 is 85.4 Å². The minimum absolute atomic E-state index is 0.122. The van der Waals surface area contributed by atoms with E-state index in [-0.39, 0.29) is 40.2 Å². The number of carbonyl (C=O) groups excluding carboxylic acids is 7. The summed E-state index contributed by atoms with van der Waals surface area (Å²) in [5, 5.41) is 18.2. The van der Waals surface area contributed by atoms with Crippen LogP contribution in [0.4, 0.5) is 0 Å². The van der Waals surface area contributed by atoms with E-state index in [1.165, 1.54) is 50.2 Å². The Balaban J connectivity index is 0.000000473. The molecule has 0 unspecified atom stereocenters. The molecule has 5 atom stereocenters. The van der Waals surface area contributed by atoms with Gasteiger partial charge in [-0.3, -0.25) is 68.5 Å². The van der Waals surface area contributed by atoms with Crippen LogP contribution in [0.15, 0.2) is 142 Å². The Kier molecular flexibility index (Phi) is 36.0. The zero-order chi connectivity index (χ0) is 60.8. The molecule has 0 spiro atoms. The van der Waals surface area contributed by atoms with E-state index in [9.17, 15) is 33.6 Å². The molecule has 0 amide bonds. The molecule has 0 aromatic rings. The minimum Gasteiger partial charge on any atom is -0.456 e. The highest BCUT2D eigenvalue weighted by atomic mass is 16.5. The van der Waals surface area contributed by atoms with Crippen molar-refractivity contribution in [3.63, 3.8) is 0 Å². The molecule has 0 aliphatic carbocycles. The molecule has 7 aliphatic rings. The molecule has 7 aliphatic heterocycles. The number of aliphatic imine (C=N–C) groups is 7.